The van der Waals surface area contributed by atoms with E-state index in [2.05, 4.69) is 30.9 Å². The fraction of sp³-hybridized carbons (Fsp3) is 0.552. The number of nitrogens with zero attached hydrogens (tertiary/aromatic N) is 1. The van der Waals surface area contributed by atoms with E-state index in [1.807, 2.05) is 67.9 Å². The van der Waals surface area contributed by atoms with Crippen molar-refractivity contribution in [3.05, 3.63) is 66.2 Å². The van der Waals surface area contributed by atoms with Gasteiger partial charge in [0.2, 0.25) is 5.91 Å². The lowest BCUT2D eigenvalue weighted by Gasteiger charge is -2.34. The minimum atomic E-state index is -0.662. The van der Waals surface area contributed by atoms with Gasteiger partial charge in [0.25, 0.3) is 0 Å². The molecule has 0 atom stereocenters. The number of hydrogen-bond donors (Lipinski definition) is 2. The summed E-state index contributed by atoms with van der Waals surface area (Å²) in [5.41, 5.74) is 2.40. The van der Waals surface area contributed by atoms with Gasteiger partial charge in [0.15, 0.2) is 0 Å². The van der Waals surface area contributed by atoms with Crippen molar-refractivity contribution in [3.63, 3.8) is 0 Å². The maximum Gasteiger partial charge on any atom is 0.250 e. The third kappa shape index (κ3) is 9.86. The average Bonchev–Trinajstić information content (AvgIpc) is 2.84. The summed E-state index contributed by atoms with van der Waals surface area (Å²) in [7, 11) is 0. The van der Waals surface area contributed by atoms with Crippen molar-refractivity contribution in [2.45, 2.75) is 78.9 Å². The van der Waals surface area contributed by atoms with E-state index in [1.54, 1.807) is 0 Å². The largest absolute Gasteiger partial charge is 0.490 e. The highest BCUT2D eigenvalue weighted by Crippen LogP contribution is 2.30. The Kier molecular flexibility index (Phi) is 12.1. The molecule has 34 heavy (non-hydrogen) atoms. The minimum absolute atomic E-state index is 0.311. The van der Waals surface area contributed by atoms with Crippen LogP contribution in [0, 0.1) is 11.3 Å². The van der Waals surface area contributed by atoms with Crippen LogP contribution in [-0.2, 0) is 11.3 Å². The Balaban J connectivity index is 0.00000129. The molecule has 2 aromatic carbocycles. The van der Waals surface area contributed by atoms with Gasteiger partial charge >= 0.3 is 0 Å². The van der Waals surface area contributed by atoms with Crippen LogP contribution in [-0.4, -0.2) is 35.2 Å². The van der Waals surface area contributed by atoms with Gasteiger partial charge in [-0.15, -0.1) is 0 Å². The summed E-state index contributed by atoms with van der Waals surface area (Å²) in [6, 6.07) is 20.5. The number of amides is 1. The topological polar surface area (TPSA) is 61.8 Å². The molecule has 1 amide bonds. The summed E-state index contributed by atoms with van der Waals surface area (Å²) in [6.07, 6.45) is 7.22. The maximum atomic E-state index is 12.1. The first-order valence-electron chi connectivity index (χ1n) is 12.8. The van der Waals surface area contributed by atoms with E-state index in [1.165, 1.54) is 24.8 Å². The Hall–Kier alpha value is -2.37. The molecule has 0 bridgehead atoms. The predicted octanol–water partition coefficient (Wildman–Crippen LogP) is 6.46. The molecule has 1 aliphatic rings. The molecule has 0 spiro atoms. The Labute approximate surface area is 206 Å². The third-order valence-corrected chi connectivity index (χ3v) is 6.28. The van der Waals surface area contributed by atoms with E-state index in [0.29, 0.717) is 18.6 Å². The van der Waals surface area contributed by atoms with E-state index in [0.717, 1.165) is 38.1 Å². The van der Waals surface area contributed by atoms with Crippen molar-refractivity contribution in [2.24, 2.45) is 11.3 Å². The zero-order valence-corrected chi connectivity index (χ0v) is 21.5. The van der Waals surface area contributed by atoms with E-state index >= 15 is 0 Å². The lowest BCUT2D eigenvalue weighted by Crippen LogP contribution is -2.44. The summed E-state index contributed by atoms with van der Waals surface area (Å²) >= 11 is 0. The zero-order valence-electron chi connectivity index (χ0n) is 21.5. The van der Waals surface area contributed by atoms with Crippen LogP contribution in [0.2, 0.25) is 0 Å². The Bertz CT molecular complexity index is 803. The highest BCUT2D eigenvalue weighted by molar-refractivity contribution is 5.80. The van der Waals surface area contributed by atoms with Crippen molar-refractivity contribution in [2.75, 3.05) is 13.1 Å². The molecule has 0 radical (unpaired) electrons. The van der Waals surface area contributed by atoms with Crippen LogP contribution in [0.25, 0.3) is 0 Å². The second-order valence-corrected chi connectivity index (χ2v) is 10.1. The van der Waals surface area contributed by atoms with E-state index in [-0.39, 0.29) is 5.91 Å². The summed E-state index contributed by atoms with van der Waals surface area (Å²) < 4.78 is 6.13. The molecule has 0 aromatic heterocycles. The van der Waals surface area contributed by atoms with Crippen LogP contribution in [0.15, 0.2) is 60.7 Å². The molecular weight excluding hydrogens is 424 g/mol. The van der Waals surface area contributed by atoms with Gasteiger partial charge in [0, 0.05) is 13.1 Å². The van der Waals surface area contributed by atoms with Crippen molar-refractivity contribution in [1.29, 1.82) is 0 Å². The first kappa shape index (κ1) is 27.9. The van der Waals surface area contributed by atoms with Crippen LogP contribution >= 0.6 is 0 Å². The number of ether oxygens (including phenoxy) is 1. The van der Waals surface area contributed by atoms with E-state index in [4.69, 9.17) is 9.94 Å². The van der Waals surface area contributed by atoms with Crippen molar-refractivity contribution in [1.82, 2.24) is 10.4 Å². The lowest BCUT2D eigenvalue weighted by atomic mass is 9.84. The average molecular weight is 469 g/mol. The standard InChI is InChI=1S/C26H36N2O3.C3H8/c1-26(2,25(29)27-30)20-28(19-22-9-5-3-6-10-22)18-17-21-13-15-24(16-14-21)31-23-11-7-4-8-12-23;1-3-2/h3-12,21,24,30H,13-20H2,1-2H3,(H,27,29);3H2,1-2H3. The number of hydroxylamine groups is 1. The number of benzene rings is 2. The first-order chi connectivity index (χ1) is 16.4. The van der Waals surface area contributed by atoms with E-state index < -0.39 is 5.41 Å². The molecule has 0 heterocycles. The summed E-state index contributed by atoms with van der Waals surface area (Å²) in [5, 5.41) is 9.11. The van der Waals surface area contributed by atoms with Crippen molar-refractivity contribution >= 4 is 5.91 Å². The van der Waals surface area contributed by atoms with Crippen LogP contribution in [0.3, 0.4) is 0 Å². The Morgan fingerprint density at radius 3 is 2.12 bits per heavy atom. The first-order valence-corrected chi connectivity index (χ1v) is 12.8. The van der Waals surface area contributed by atoms with Crippen LogP contribution in [0.5, 0.6) is 5.75 Å². The zero-order chi connectivity index (χ0) is 24.8. The number of carbonyl (C=O) groups is 1. The fourth-order valence-electron chi connectivity index (χ4n) is 4.43. The molecular formula is C29H44N2O3. The molecule has 0 aliphatic heterocycles. The number of carbonyl (C=O) groups excluding carboxylic acids is 1. The highest BCUT2D eigenvalue weighted by atomic mass is 16.5. The monoisotopic (exact) mass is 468 g/mol. The third-order valence-electron chi connectivity index (χ3n) is 6.28. The van der Waals surface area contributed by atoms with Crippen LogP contribution < -0.4 is 10.2 Å². The van der Waals surface area contributed by atoms with Gasteiger partial charge in [-0.3, -0.25) is 14.9 Å². The minimum Gasteiger partial charge on any atom is -0.490 e. The fourth-order valence-corrected chi connectivity index (χ4v) is 4.43. The van der Waals surface area contributed by atoms with Crippen molar-refractivity contribution in [3.8, 4) is 5.75 Å². The second-order valence-electron chi connectivity index (χ2n) is 10.1. The summed E-state index contributed by atoms with van der Waals surface area (Å²) in [6.45, 7) is 10.3. The highest BCUT2D eigenvalue weighted by Gasteiger charge is 2.30. The molecule has 2 aromatic rings. The molecule has 1 aliphatic carbocycles. The summed E-state index contributed by atoms with van der Waals surface area (Å²) in [4.78, 5) is 14.5. The van der Waals surface area contributed by atoms with Gasteiger partial charge in [0.05, 0.1) is 11.5 Å². The van der Waals surface area contributed by atoms with Gasteiger partial charge in [-0.2, -0.15) is 0 Å². The molecule has 3 rings (SSSR count). The normalized spacial score (nSPS) is 18.1. The van der Waals surface area contributed by atoms with Gasteiger partial charge in [-0.05, 0) is 76.1 Å². The number of para-hydroxylation sites is 1. The summed E-state index contributed by atoms with van der Waals surface area (Å²) in [5.74, 6) is 1.30. The molecule has 0 unspecified atom stereocenters. The smallest absolute Gasteiger partial charge is 0.250 e. The van der Waals surface area contributed by atoms with Gasteiger partial charge in [0.1, 0.15) is 5.75 Å². The molecule has 188 valence electrons. The van der Waals surface area contributed by atoms with E-state index in [9.17, 15) is 4.79 Å². The lowest BCUT2D eigenvalue weighted by molar-refractivity contribution is -0.139. The second kappa shape index (κ2) is 14.8. The van der Waals surface area contributed by atoms with Gasteiger partial charge in [-0.25, -0.2) is 5.48 Å². The molecule has 5 nitrogen and oxygen atoms in total. The quantitative estimate of drug-likeness (QED) is 0.310. The number of rotatable bonds is 10. The van der Waals surface area contributed by atoms with Crippen LogP contribution in [0.4, 0.5) is 0 Å². The Morgan fingerprint density at radius 1 is 1.00 bits per heavy atom. The maximum absolute atomic E-state index is 12.1. The molecule has 1 saturated carbocycles. The molecule has 1 fully saturated rings. The SMILES string of the molecule is CC(C)(CN(CCC1CCC(Oc2ccccc2)CC1)Cc1ccccc1)C(=O)NO.CCC. The molecule has 0 saturated heterocycles. The van der Waals surface area contributed by atoms with Crippen molar-refractivity contribution < 1.29 is 14.7 Å². The number of nitrogens with one attached hydrogen (secondary N) is 1. The van der Waals surface area contributed by atoms with Gasteiger partial charge in [-0.1, -0.05) is 68.8 Å². The molecule has 5 heteroatoms. The Morgan fingerprint density at radius 2 is 1.56 bits per heavy atom. The molecule has 2 N–H and O–H groups in total. The van der Waals surface area contributed by atoms with Gasteiger partial charge < -0.3 is 4.74 Å². The van der Waals surface area contributed by atoms with Crippen LogP contribution in [0.1, 0.15) is 71.8 Å². The number of hydrogen-bond acceptors (Lipinski definition) is 4. The predicted molar refractivity (Wildman–Crippen MR) is 139 cm³/mol.